The average Bonchev–Trinajstić information content (AvgIpc) is 3.31. The molecule has 0 radical (unpaired) electrons. The van der Waals surface area contributed by atoms with Crippen molar-refractivity contribution in [1.29, 1.82) is 0 Å². The summed E-state index contributed by atoms with van der Waals surface area (Å²) >= 11 is 0. The van der Waals surface area contributed by atoms with Crippen molar-refractivity contribution in [3.8, 4) is 28.3 Å². The van der Waals surface area contributed by atoms with Crippen molar-refractivity contribution < 1.29 is 9.47 Å². The minimum atomic E-state index is -0.238. The van der Waals surface area contributed by atoms with Gasteiger partial charge in [-0.1, -0.05) is 23.8 Å². The molecular weight excluding hydrogens is 416 g/mol. The Kier molecular flexibility index (Phi) is 4.51. The second-order valence-corrected chi connectivity index (χ2v) is 8.97. The zero-order chi connectivity index (χ0) is 22.7. The number of aromatic nitrogens is 5. The lowest BCUT2D eigenvalue weighted by Crippen LogP contribution is -2.31. The summed E-state index contributed by atoms with van der Waals surface area (Å²) in [4.78, 5) is 4.47. The second kappa shape index (κ2) is 7.45. The van der Waals surface area contributed by atoms with E-state index in [0.29, 0.717) is 31.2 Å². The molecule has 2 aliphatic rings. The number of pyridine rings is 1. The largest absolute Gasteiger partial charge is 0.482 e. The number of fused-ring (bicyclic) bond motifs is 7. The zero-order valence-corrected chi connectivity index (χ0v) is 18.9. The minimum absolute atomic E-state index is 0.208. The van der Waals surface area contributed by atoms with Crippen LogP contribution in [0.15, 0.2) is 42.9 Å². The number of anilines is 1. The Balaban J connectivity index is 1.62. The Morgan fingerprint density at radius 3 is 2.76 bits per heavy atom. The number of rotatable bonds is 1. The molecule has 0 amide bonds. The van der Waals surface area contributed by atoms with Crippen molar-refractivity contribution in [2.75, 3.05) is 18.9 Å². The summed E-state index contributed by atoms with van der Waals surface area (Å²) < 4.78 is 15.8. The molecule has 33 heavy (non-hydrogen) atoms. The smallest absolute Gasteiger partial charge is 0.166 e. The number of hydrogen-bond donors (Lipinski definition) is 1. The van der Waals surface area contributed by atoms with Crippen molar-refractivity contribution in [2.24, 2.45) is 7.05 Å². The third-order valence-corrected chi connectivity index (χ3v) is 6.48. The average molecular weight is 443 g/mol. The summed E-state index contributed by atoms with van der Waals surface area (Å²) in [7, 11) is 1.96. The highest BCUT2D eigenvalue weighted by atomic mass is 16.5. The highest BCUT2D eigenvalue weighted by Gasteiger charge is 2.28. The van der Waals surface area contributed by atoms with Crippen molar-refractivity contribution in [2.45, 2.75) is 32.4 Å². The van der Waals surface area contributed by atoms with E-state index < -0.39 is 0 Å². The maximum atomic E-state index is 6.42. The summed E-state index contributed by atoms with van der Waals surface area (Å²) in [6, 6.07) is 8.61. The maximum absolute atomic E-state index is 6.42. The summed E-state index contributed by atoms with van der Waals surface area (Å²) in [6.45, 7) is 5.44. The molecule has 3 aromatic heterocycles. The Bertz CT molecular complexity index is 1370. The summed E-state index contributed by atoms with van der Waals surface area (Å²) in [6.07, 6.45) is 6.31. The number of nitrogen functional groups attached to an aromatic ring is 1. The first-order valence-corrected chi connectivity index (χ1v) is 11.2. The normalized spacial score (nSPS) is 17.6. The topological polar surface area (TPSA) is 93.0 Å². The van der Waals surface area contributed by atoms with Crippen LogP contribution in [-0.4, -0.2) is 37.8 Å². The summed E-state index contributed by atoms with van der Waals surface area (Å²) in [5.74, 6) is 0.938. The Morgan fingerprint density at radius 2 is 1.97 bits per heavy atom. The lowest BCUT2D eigenvalue weighted by molar-refractivity contribution is -0.0278. The van der Waals surface area contributed by atoms with Gasteiger partial charge in [0.05, 0.1) is 36.8 Å². The van der Waals surface area contributed by atoms with Crippen LogP contribution in [0.25, 0.3) is 22.5 Å². The highest BCUT2D eigenvalue weighted by Crippen LogP contribution is 2.39. The standard InChI is InChI=1S/C25H26N6O2/c1-14-4-5-20-21(6-14)15(2)33-22-8-17(9-27-25(22)26)24-16(7-18-11-30(3)29-23(18)20)10-28-31(24)19-12-32-13-19/h4-6,8-11,15,19H,7,12-13H2,1-3H3,(H2,26,27). The monoisotopic (exact) mass is 442 g/mol. The van der Waals surface area contributed by atoms with Crippen LogP contribution in [0.1, 0.15) is 41.3 Å². The van der Waals surface area contributed by atoms with Crippen LogP contribution in [0, 0.1) is 6.92 Å². The van der Waals surface area contributed by atoms with Gasteiger partial charge in [-0.25, -0.2) is 4.98 Å². The molecule has 2 N–H and O–H groups in total. The fourth-order valence-electron chi connectivity index (χ4n) is 4.75. The van der Waals surface area contributed by atoms with Gasteiger partial charge in [-0.2, -0.15) is 10.2 Å². The molecule has 4 aromatic rings. The number of nitrogens with two attached hydrogens (primary N) is 1. The maximum Gasteiger partial charge on any atom is 0.166 e. The lowest BCUT2D eigenvalue weighted by atomic mass is 9.93. The molecule has 0 saturated carbocycles. The molecule has 168 valence electrons. The third-order valence-electron chi connectivity index (χ3n) is 6.48. The first-order chi connectivity index (χ1) is 16.0. The Labute approximate surface area is 192 Å². The van der Waals surface area contributed by atoms with Gasteiger partial charge in [-0.05, 0) is 19.9 Å². The number of ether oxygens (including phenoxy) is 2. The molecule has 0 aliphatic carbocycles. The van der Waals surface area contributed by atoms with Crippen molar-refractivity contribution in [1.82, 2.24) is 24.5 Å². The van der Waals surface area contributed by atoms with Gasteiger partial charge in [0, 0.05) is 53.7 Å². The van der Waals surface area contributed by atoms with Gasteiger partial charge in [0.1, 0.15) is 6.10 Å². The van der Waals surface area contributed by atoms with E-state index >= 15 is 0 Å². The van der Waals surface area contributed by atoms with Crippen molar-refractivity contribution in [3.63, 3.8) is 0 Å². The molecule has 2 aliphatic heterocycles. The number of benzene rings is 1. The van der Waals surface area contributed by atoms with Crippen LogP contribution in [0.3, 0.4) is 0 Å². The van der Waals surface area contributed by atoms with Gasteiger partial charge in [0.25, 0.3) is 0 Å². The van der Waals surface area contributed by atoms with Crippen molar-refractivity contribution in [3.05, 3.63) is 65.1 Å². The van der Waals surface area contributed by atoms with E-state index in [1.54, 1.807) is 6.20 Å². The van der Waals surface area contributed by atoms with Crippen LogP contribution < -0.4 is 10.5 Å². The molecule has 8 nitrogen and oxygen atoms in total. The van der Waals surface area contributed by atoms with Crippen LogP contribution in [-0.2, 0) is 18.2 Å². The number of nitrogens with zero attached hydrogens (tertiary/aromatic N) is 5. The fraction of sp³-hybridized carbons (Fsp3) is 0.320. The SMILES string of the molecule is Cc1ccc2c(c1)C(C)Oc1cc(cnc1N)-c1c(cnn1C1COC1)Cc1cn(C)nc1-2. The van der Waals surface area contributed by atoms with Gasteiger partial charge in [-0.3, -0.25) is 9.36 Å². The first kappa shape index (κ1) is 20.0. The molecule has 1 aromatic carbocycles. The van der Waals surface area contributed by atoms with E-state index in [-0.39, 0.29) is 12.1 Å². The van der Waals surface area contributed by atoms with Crippen LogP contribution in [0.4, 0.5) is 5.82 Å². The number of hydrogen-bond acceptors (Lipinski definition) is 6. The summed E-state index contributed by atoms with van der Waals surface area (Å²) in [5.41, 5.74) is 14.7. The van der Waals surface area contributed by atoms with Gasteiger partial charge in [0.2, 0.25) is 0 Å². The molecular formula is C25H26N6O2. The van der Waals surface area contributed by atoms with Gasteiger partial charge in [-0.15, -0.1) is 0 Å². The van der Waals surface area contributed by atoms with E-state index in [1.165, 1.54) is 5.56 Å². The summed E-state index contributed by atoms with van der Waals surface area (Å²) in [5, 5.41) is 9.60. The Hall–Kier alpha value is -3.65. The van der Waals surface area contributed by atoms with E-state index in [4.69, 9.17) is 25.4 Å². The Morgan fingerprint density at radius 1 is 1.12 bits per heavy atom. The van der Waals surface area contributed by atoms with E-state index in [1.807, 2.05) is 30.9 Å². The molecule has 0 spiro atoms. The molecule has 6 rings (SSSR count). The second-order valence-electron chi connectivity index (χ2n) is 8.97. The van der Waals surface area contributed by atoms with Crippen molar-refractivity contribution >= 4 is 5.82 Å². The van der Waals surface area contributed by atoms with Gasteiger partial charge in [0.15, 0.2) is 11.6 Å². The highest BCUT2D eigenvalue weighted by molar-refractivity contribution is 5.72. The predicted octanol–water partition coefficient (Wildman–Crippen LogP) is 3.85. The van der Waals surface area contributed by atoms with E-state index in [2.05, 4.69) is 41.0 Å². The van der Waals surface area contributed by atoms with Crippen LogP contribution in [0.5, 0.6) is 5.75 Å². The molecule has 1 fully saturated rings. The molecule has 1 saturated heterocycles. The quantitative estimate of drug-likeness (QED) is 0.481. The fourth-order valence-corrected chi connectivity index (χ4v) is 4.75. The van der Waals surface area contributed by atoms with Crippen LogP contribution >= 0.6 is 0 Å². The molecule has 1 atom stereocenters. The van der Waals surface area contributed by atoms with Gasteiger partial charge >= 0.3 is 0 Å². The number of aryl methyl sites for hydroxylation is 2. The minimum Gasteiger partial charge on any atom is -0.482 e. The zero-order valence-electron chi connectivity index (χ0n) is 18.9. The molecule has 8 heteroatoms. The lowest BCUT2D eigenvalue weighted by Gasteiger charge is -2.28. The first-order valence-electron chi connectivity index (χ1n) is 11.2. The molecule has 5 heterocycles. The van der Waals surface area contributed by atoms with Gasteiger partial charge < -0.3 is 15.2 Å². The third kappa shape index (κ3) is 3.29. The van der Waals surface area contributed by atoms with Crippen LogP contribution in [0.2, 0.25) is 0 Å². The van der Waals surface area contributed by atoms with E-state index in [0.717, 1.165) is 39.2 Å². The molecule has 2 bridgehead atoms. The predicted molar refractivity (Wildman–Crippen MR) is 125 cm³/mol. The molecule has 1 unspecified atom stereocenters. The van der Waals surface area contributed by atoms with E-state index in [9.17, 15) is 0 Å².